The summed E-state index contributed by atoms with van der Waals surface area (Å²) < 4.78 is 11.4. The van der Waals surface area contributed by atoms with Crippen LogP contribution in [0.1, 0.15) is 15.9 Å². The van der Waals surface area contributed by atoms with Crippen LogP contribution in [0.15, 0.2) is 59.1 Å². The fraction of sp³-hybridized carbons (Fsp3) is 0.0952. The van der Waals surface area contributed by atoms with Crippen molar-refractivity contribution in [3.05, 3.63) is 70.2 Å². The Balaban J connectivity index is 2.35. The molecule has 0 aliphatic heterocycles. The third kappa shape index (κ3) is 5.46. The van der Waals surface area contributed by atoms with E-state index in [0.717, 1.165) is 0 Å². The molecule has 2 aromatic rings. The average molecular weight is 457 g/mol. The van der Waals surface area contributed by atoms with Crippen molar-refractivity contribution >= 4 is 39.6 Å². The summed E-state index contributed by atoms with van der Waals surface area (Å²) in [5.74, 6) is -1.06. The first kappa shape index (κ1) is 21.7. The van der Waals surface area contributed by atoms with E-state index in [2.05, 4.69) is 27.8 Å². The maximum Gasteiger partial charge on any atom is 0.337 e. The van der Waals surface area contributed by atoms with Crippen LogP contribution in [0.3, 0.4) is 0 Å². The topological polar surface area (TPSA) is 109 Å². The van der Waals surface area contributed by atoms with Gasteiger partial charge in [0.05, 0.1) is 22.8 Å². The lowest BCUT2D eigenvalue weighted by atomic mass is 10.1. The Morgan fingerprint density at radius 1 is 1.34 bits per heavy atom. The van der Waals surface area contributed by atoms with Gasteiger partial charge in [0.15, 0.2) is 11.5 Å². The molecule has 7 nitrogen and oxygen atoms in total. The molecule has 29 heavy (non-hydrogen) atoms. The number of carboxylic acids is 1. The quantitative estimate of drug-likeness (QED) is 0.348. The number of nitrogens with zero attached hydrogens (tertiary/aromatic N) is 1. The number of methoxy groups -OCH3 is 1. The van der Waals surface area contributed by atoms with E-state index in [1.807, 2.05) is 6.07 Å². The van der Waals surface area contributed by atoms with E-state index >= 15 is 0 Å². The summed E-state index contributed by atoms with van der Waals surface area (Å²) in [6.07, 6.45) is 2.95. The number of nitriles is 1. The molecule has 0 radical (unpaired) electrons. The third-order valence-corrected chi connectivity index (χ3v) is 4.27. The van der Waals surface area contributed by atoms with Crippen molar-refractivity contribution in [3.63, 3.8) is 0 Å². The number of carboxylic acid groups (broad SMARTS) is 1. The summed E-state index contributed by atoms with van der Waals surface area (Å²) >= 11 is 3.38. The molecule has 0 saturated carbocycles. The average Bonchev–Trinajstić information content (AvgIpc) is 2.70. The van der Waals surface area contributed by atoms with Gasteiger partial charge in [0.1, 0.15) is 18.2 Å². The maximum absolute atomic E-state index is 12.5. The molecule has 0 heterocycles. The molecular weight excluding hydrogens is 440 g/mol. The van der Waals surface area contributed by atoms with Gasteiger partial charge in [-0.2, -0.15) is 5.26 Å². The minimum atomic E-state index is -1.19. The Labute approximate surface area is 176 Å². The van der Waals surface area contributed by atoms with Crippen molar-refractivity contribution in [1.29, 1.82) is 5.26 Å². The number of para-hydroxylation sites is 1. The van der Waals surface area contributed by atoms with Crippen LogP contribution >= 0.6 is 15.9 Å². The van der Waals surface area contributed by atoms with Crippen molar-refractivity contribution in [2.24, 2.45) is 0 Å². The van der Waals surface area contributed by atoms with E-state index in [9.17, 15) is 20.0 Å². The second-order valence-corrected chi connectivity index (χ2v) is 6.46. The van der Waals surface area contributed by atoms with Crippen molar-refractivity contribution < 1.29 is 24.2 Å². The second kappa shape index (κ2) is 10.1. The van der Waals surface area contributed by atoms with E-state index < -0.39 is 11.9 Å². The molecule has 0 atom stereocenters. The number of carbonyl (C=O) groups excluding carboxylic acids is 1. The number of anilines is 1. The van der Waals surface area contributed by atoms with Crippen LogP contribution in [0, 0.1) is 11.3 Å². The summed E-state index contributed by atoms with van der Waals surface area (Å²) in [7, 11) is 1.47. The first-order valence-corrected chi connectivity index (χ1v) is 9.07. The number of hydrogen-bond acceptors (Lipinski definition) is 5. The van der Waals surface area contributed by atoms with Crippen molar-refractivity contribution in [3.8, 4) is 17.6 Å². The largest absolute Gasteiger partial charge is 0.493 e. The van der Waals surface area contributed by atoms with Crippen molar-refractivity contribution in [1.82, 2.24) is 0 Å². The Hall–Kier alpha value is -3.57. The molecule has 0 unspecified atom stereocenters. The molecule has 8 heteroatoms. The second-order valence-electron chi connectivity index (χ2n) is 5.61. The molecule has 2 rings (SSSR count). The minimum Gasteiger partial charge on any atom is -0.493 e. The zero-order valence-corrected chi connectivity index (χ0v) is 17.0. The fourth-order valence-corrected chi connectivity index (χ4v) is 2.96. The molecule has 0 aliphatic carbocycles. The smallest absolute Gasteiger partial charge is 0.337 e. The standard InChI is InChI=1S/C21H17BrN2O5/c1-3-8-29-19-16(22)10-13(11-18(19)28-2)9-14(12-23)20(25)24-17-7-5-4-6-15(17)21(26)27/h3-7,9-11H,1,8H2,2H3,(H,24,25)(H,26,27)/b14-9+. The molecule has 1 amide bonds. The monoisotopic (exact) mass is 456 g/mol. The molecule has 2 N–H and O–H groups in total. The lowest BCUT2D eigenvalue weighted by Crippen LogP contribution is -2.16. The van der Waals surface area contributed by atoms with E-state index in [-0.39, 0.29) is 23.4 Å². The maximum atomic E-state index is 12.5. The van der Waals surface area contributed by atoms with Crippen LogP contribution in [-0.2, 0) is 4.79 Å². The normalized spacial score (nSPS) is 10.6. The van der Waals surface area contributed by atoms with Crippen LogP contribution in [0.25, 0.3) is 6.08 Å². The van der Waals surface area contributed by atoms with Gasteiger partial charge in [-0.25, -0.2) is 4.79 Å². The summed E-state index contributed by atoms with van der Waals surface area (Å²) in [4.78, 5) is 23.8. The van der Waals surface area contributed by atoms with Gasteiger partial charge < -0.3 is 19.9 Å². The third-order valence-electron chi connectivity index (χ3n) is 3.68. The van der Waals surface area contributed by atoms with Crippen molar-refractivity contribution in [2.45, 2.75) is 0 Å². The molecule has 2 aromatic carbocycles. The van der Waals surface area contributed by atoms with Crippen LogP contribution < -0.4 is 14.8 Å². The van der Waals surface area contributed by atoms with Gasteiger partial charge in [0.2, 0.25) is 0 Å². The highest BCUT2D eigenvalue weighted by Gasteiger charge is 2.16. The highest BCUT2D eigenvalue weighted by Crippen LogP contribution is 2.37. The van der Waals surface area contributed by atoms with Crippen LogP contribution in [0.4, 0.5) is 5.69 Å². The predicted molar refractivity (Wildman–Crippen MR) is 112 cm³/mol. The first-order valence-electron chi connectivity index (χ1n) is 8.28. The Kier molecular flexibility index (Phi) is 7.57. The van der Waals surface area contributed by atoms with Crippen LogP contribution in [0.2, 0.25) is 0 Å². The summed E-state index contributed by atoms with van der Waals surface area (Å²) in [6, 6.07) is 11.0. The number of amides is 1. The number of nitrogens with one attached hydrogen (secondary N) is 1. The highest BCUT2D eigenvalue weighted by atomic mass is 79.9. The van der Waals surface area contributed by atoms with Gasteiger partial charge in [-0.3, -0.25) is 4.79 Å². The predicted octanol–water partition coefficient (Wildman–Crippen LogP) is 4.27. The van der Waals surface area contributed by atoms with Gasteiger partial charge in [0, 0.05) is 0 Å². The zero-order chi connectivity index (χ0) is 21.4. The first-order chi connectivity index (χ1) is 13.9. The van der Waals surface area contributed by atoms with Gasteiger partial charge in [-0.1, -0.05) is 24.8 Å². The molecule has 148 valence electrons. The number of ether oxygens (including phenoxy) is 2. The Morgan fingerprint density at radius 3 is 2.69 bits per heavy atom. The number of rotatable bonds is 8. The Morgan fingerprint density at radius 2 is 2.07 bits per heavy atom. The summed E-state index contributed by atoms with van der Waals surface area (Å²) in [5, 5.41) is 21.1. The molecule has 0 fully saturated rings. The summed E-state index contributed by atoms with van der Waals surface area (Å²) in [6.45, 7) is 3.87. The van der Waals surface area contributed by atoms with Crippen molar-refractivity contribution in [2.75, 3.05) is 19.0 Å². The SMILES string of the molecule is C=CCOc1c(Br)cc(/C=C(\C#N)C(=O)Nc2ccccc2C(=O)O)cc1OC. The minimum absolute atomic E-state index is 0.0775. The Bertz CT molecular complexity index is 1020. The zero-order valence-electron chi connectivity index (χ0n) is 15.4. The molecule has 0 bridgehead atoms. The van der Waals surface area contributed by atoms with Crippen LogP contribution in [0.5, 0.6) is 11.5 Å². The lowest BCUT2D eigenvalue weighted by molar-refractivity contribution is -0.112. The number of benzene rings is 2. The molecular formula is C21H17BrN2O5. The van der Waals surface area contributed by atoms with E-state index in [4.69, 9.17) is 9.47 Å². The van der Waals surface area contributed by atoms with E-state index in [0.29, 0.717) is 21.5 Å². The molecule has 0 aliphatic rings. The lowest BCUT2D eigenvalue weighted by Gasteiger charge is -2.12. The number of hydrogen-bond donors (Lipinski definition) is 2. The number of halogens is 1. The fourth-order valence-electron chi connectivity index (χ4n) is 2.39. The van der Waals surface area contributed by atoms with Crippen LogP contribution in [-0.4, -0.2) is 30.7 Å². The summed E-state index contributed by atoms with van der Waals surface area (Å²) in [5.41, 5.74) is 0.321. The van der Waals surface area contributed by atoms with Gasteiger partial charge >= 0.3 is 5.97 Å². The number of aromatic carboxylic acids is 1. The van der Waals surface area contributed by atoms with Gasteiger partial charge in [0.25, 0.3) is 5.91 Å². The molecule has 0 saturated heterocycles. The van der Waals surface area contributed by atoms with E-state index in [1.54, 1.807) is 30.3 Å². The molecule has 0 spiro atoms. The van der Waals surface area contributed by atoms with Gasteiger partial charge in [-0.05, 0) is 51.8 Å². The van der Waals surface area contributed by atoms with E-state index in [1.165, 1.54) is 25.3 Å². The number of carbonyl (C=O) groups is 2. The highest BCUT2D eigenvalue weighted by molar-refractivity contribution is 9.10. The van der Waals surface area contributed by atoms with Gasteiger partial charge in [-0.15, -0.1) is 0 Å². The molecule has 0 aromatic heterocycles.